The van der Waals surface area contributed by atoms with Crippen LogP contribution in [0.1, 0.15) is 25.3 Å². The van der Waals surface area contributed by atoms with Crippen molar-refractivity contribution in [3.8, 4) is 0 Å². The van der Waals surface area contributed by atoms with Crippen molar-refractivity contribution in [3.05, 3.63) is 35.9 Å². The third-order valence-electron chi connectivity index (χ3n) is 4.96. The Hall–Kier alpha value is -3.16. The molecule has 1 aromatic carbocycles. The van der Waals surface area contributed by atoms with E-state index in [-0.39, 0.29) is 12.8 Å². The number of carboxylic acid groups (broad SMARTS) is 1. The standard InChI is InChI=1S/C22H33N5O7S/c1-12(28)18(27-19(30)14(23)11-17(24)29)21(32)26-16(10-13-6-4-3-5-7-13)20(31)25-15(22(33)34)8-9-35-2/h3-7,12,14-16,18,28H,8-11,23H2,1-2H3,(H2,24,29)(H,25,31)(H,26,32)(H,27,30)(H,33,34). The first-order valence-electron chi connectivity index (χ1n) is 10.8. The fraction of sp³-hybridized carbons (Fsp3) is 0.500. The Kier molecular flexibility index (Phi) is 12.8. The summed E-state index contributed by atoms with van der Waals surface area (Å²) in [5, 5.41) is 26.7. The molecule has 0 aliphatic heterocycles. The highest BCUT2D eigenvalue weighted by atomic mass is 32.2. The molecule has 12 nitrogen and oxygen atoms in total. The van der Waals surface area contributed by atoms with E-state index in [2.05, 4.69) is 16.0 Å². The minimum absolute atomic E-state index is 0.0228. The zero-order valence-electron chi connectivity index (χ0n) is 19.6. The van der Waals surface area contributed by atoms with Crippen molar-refractivity contribution < 1.29 is 34.2 Å². The van der Waals surface area contributed by atoms with Crippen molar-refractivity contribution in [1.29, 1.82) is 0 Å². The van der Waals surface area contributed by atoms with Crippen LogP contribution in [0.5, 0.6) is 0 Å². The number of hydrogen-bond acceptors (Lipinski definition) is 8. The molecule has 0 saturated carbocycles. The number of carboxylic acids is 1. The second-order valence-electron chi connectivity index (χ2n) is 7.94. The molecule has 194 valence electrons. The molecule has 35 heavy (non-hydrogen) atoms. The zero-order chi connectivity index (χ0) is 26.5. The number of aliphatic hydroxyl groups is 1. The third kappa shape index (κ3) is 10.8. The first-order chi connectivity index (χ1) is 16.5. The van der Waals surface area contributed by atoms with Gasteiger partial charge in [0.1, 0.15) is 18.1 Å². The highest BCUT2D eigenvalue weighted by Gasteiger charge is 2.32. The third-order valence-corrected chi connectivity index (χ3v) is 5.61. The molecule has 9 N–H and O–H groups in total. The lowest BCUT2D eigenvalue weighted by Crippen LogP contribution is -2.60. The fourth-order valence-corrected chi connectivity index (χ4v) is 3.53. The molecule has 0 spiro atoms. The van der Waals surface area contributed by atoms with Gasteiger partial charge in [0.15, 0.2) is 0 Å². The van der Waals surface area contributed by atoms with Gasteiger partial charge >= 0.3 is 5.97 Å². The highest BCUT2D eigenvalue weighted by Crippen LogP contribution is 2.07. The summed E-state index contributed by atoms with van der Waals surface area (Å²) in [6.45, 7) is 1.25. The summed E-state index contributed by atoms with van der Waals surface area (Å²) in [7, 11) is 0. The van der Waals surface area contributed by atoms with Crippen LogP contribution in [0.2, 0.25) is 0 Å². The van der Waals surface area contributed by atoms with Crippen molar-refractivity contribution in [2.75, 3.05) is 12.0 Å². The number of hydrogen-bond donors (Lipinski definition) is 7. The van der Waals surface area contributed by atoms with Crippen molar-refractivity contribution in [2.24, 2.45) is 11.5 Å². The summed E-state index contributed by atoms with van der Waals surface area (Å²) >= 11 is 1.42. The maximum atomic E-state index is 13.0. The Morgan fingerprint density at radius 2 is 1.57 bits per heavy atom. The van der Waals surface area contributed by atoms with Crippen LogP contribution in [-0.2, 0) is 30.4 Å². The van der Waals surface area contributed by atoms with Crippen LogP contribution in [0.4, 0.5) is 0 Å². The lowest BCUT2D eigenvalue weighted by molar-refractivity contribution is -0.142. The summed E-state index contributed by atoms with van der Waals surface area (Å²) < 4.78 is 0. The molecular formula is C22H33N5O7S. The monoisotopic (exact) mass is 511 g/mol. The molecule has 0 aromatic heterocycles. The van der Waals surface area contributed by atoms with E-state index in [9.17, 15) is 34.2 Å². The number of aliphatic carboxylic acids is 1. The van der Waals surface area contributed by atoms with Crippen molar-refractivity contribution in [2.45, 2.75) is 56.5 Å². The number of thioether (sulfide) groups is 1. The summed E-state index contributed by atoms with van der Waals surface area (Å²) in [5.41, 5.74) is 11.3. The van der Waals surface area contributed by atoms with Gasteiger partial charge in [0.25, 0.3) is 0 Å². The molecule has 5 atom stereocenters. The normalized spacial score (nSPS) is 15.1. The topological polar surface area (TPSA) is 214 Å². The molecule has 0 fully saturated rings. The van der Waals surface area contributed by atoms with Crippen LogP contribution in [0.3, 0.4) is 0 Å². The van der Waals surface area contributed by atoms with Crippen LogP contribution in [-0.4, -0.2) is 82.1 Å². The van der Waals surface area contributed by atoms with E-state index in [4.69, 9.17) is 11.5 Å². The zero-order valence-corrected chi connectivity index (χ0v) is 20.4. The Bertz CT molecular complexity index is 884. The number of carbonyl (C=O) groups excluding carboxylic acids is 4. The van der Waals surface area contributed by atoms with E-state index in [0.29, 0.717) is 11.3 Å². The van der Waals surface area contributed by atoms with Crippen molar-refractivity contribution in [1.82, 2.24) is 16.0 Å². The molecule has 0 aliphatic carbocycles. The minimum atomic E-state index is -1.50. The number of primary amides is 1. The first-order valence-corrected chi connectivity index (χ1v) is 12.2. The van der Waals surface area contributed by atoms with Gasteiger partial charge in [-0.1, -0.05) is 30.3 Å². The average molecular weight is 512 g/mol. The Labute approximate surface area is 207 Å². The predicted octanol–water partition coefficient (Wildman–Crippen LogP) is -1.90. The van der Waals surface area contributed by atoms with E-state index in [0.717, 1.165) is 0 Å². The average Bonchev–Trinajstić information content (AvgIpc) is 2.79. The van der Waals surface area contributed by atoms with Gasteiger partial charge in [-0.05, 0) is 30.9 Å². The number of rotatable bonds is 15. The SMILES string of the molecule is CSCCC(NC(=O)C(Cc1ccccc1)NC(=O)C(NC(=O)C(N)CC(N)=O)C(C)O)C(=O)O. The number of nitrogens with two attached hydrogens (primary N) is 2. The van der Waals surface area contributed by atoms with Gasteiger partial charge in [-0.3, -0.25) is 19.2 Å². The summed E-state index contributed by atoms with van der Waals surface area (Å²) in [5.74, 6) is -4.07. The van der Waals surface area contributed by atoms with Crippen LogP contribution in [0.15, 0.2) is 30.3 Å². The molecule has 0 radical (unpaired) electrons. The number of aliphatic hydroxyl groups excluding tert-OH is 1. The van der Waals surface area contributed by atoms with E-state index >= 15 is 0 Å². The smallest absolute Gasteiger partial charge is 0.326 e. The van der Waals surface area contributed by atoms with E-state index in [1.807, 2.05) is 0 Å². The largest absolute Gasteiger partial charge is 0.480 e. The summed E-state index contributed by atoms with van der Waals surface area (Å²) in [6, 6.07) is 3.50. The maximum Gasteiger partial charge on any atom is 0.326 e. The Balaban J connectivity index is 3.07. The summed E-state index contributed by atoms with van der Waals surface area (Å²) in [4.78, 5) is 60.8. The second kappa shape index (κ2) is 15.0. The van der Waals surface area contributed by atoms with Crippen LogP contribution < -0.4 is 27.4 Å². The highest BCUT2D eigenvalue weighted by molar-refractivity contribution is 7.98. The number of carbonyl (C=O) groups is 5. The van der Waals surface area contributed by atoms with Crippen LogP contribution in [0.25, 0.3) is 0 Å². The molecule has 1 aromatic rings. The second-order valence-corrected chi connectivity index (χ2v) is 8.92. The molecule has 5 unspecified atom stereocenters. The van der Waals surface area contributed by atoms with E-state index in [1.54, 1.807) is 36.6 Å². The number of benzene rings is 1. The fourth-order valence-electron chi connectivity index (χ4n) is 3.06. The number of amides is 4. The first kappa shape index (κ1) is 29.9. The van der Waals surface area contributed by atoms with Gasteiger partial charge in [0.05, 0.1) is 18.6 Å². The van der Waals surface area contributed by atoms with Crippen molar-refractivity contribution >= 4 is 41.4 Å². The summed E-state index contributed by atoms with van der Waals surface area (Å²) in [6.07, 6.45) is 0.159. The lowest BCUT2D eigenvalue weighted by Gasteiger charge is -2.26. The maximum absolute atomic E-state index is 13.0. The minimum Gasteiger partial charge on any atom is -0.480 e. The van der Waals surface area contributed by atoms with Gasteiger partial charge in [-0.15, -0.1) is 0 Å². The molecule has 0 bridgehead atoms. The van der Waals surface area contributed by atoms with Gasteiger partial charge in [-0.2, -0.15) is 11.8 Å². The molecule has 0 saturated heterocycles. The molecule has 0 aliphatic rings. The van der Waals surface area contributed by atoms with E-state index < -0.39 is 66.3 Å². The molecule has 1 rings (SSSR count). The van der Waals surface area contributed by atoms with Crippen LogP contribution in [0, 0.1) is 0 Å². The molecule has 13 heteroatoms. The predicted molar refractivity (Wildman–Crippen MR) is 130 cm³/mol. The molecular weight excluding hydrogens is 478 g/mol. The van der Waals surface area contributed by atoms with Gasteiger partial charge in [0.2, 0.25) is 23.6 Å². The molecule has 4 amide bonds. The van der Waals surface area contributed by atoms with Crippen LogP contribution >= 0.6 is 11.8 Å². The molecule has 0 heterocycles. The van der Waals surface area contributed by atoms with Crippen molar-refractivity contribution in [3.63, 3.8) is 0 Å². The van der Waals surface area contributed by atoms with Gasteiger partial charge < -0.3 is 37.6 Å². The number of nitrogens with one attached hydrogen (secondary N) is 3. The Morgan fingerprint density at radius 3 is 2.09 bits per heavy atom. The Morgan fingerprint density at radius 1 is 0.971 bits per heavy atom. The van der Waals surface area contributed by atoms with Gasteiger partial charge in [0, 0.05) is 6.42 Å². The lowest BCUT2D eigenvalue weighted by atomic mass is 10.0. The van der Waals surface area contributed by atoms with E-state index in [1.165, 1.54) is 18.7 Å². The van der Waals surface area contributed by atoms with Gasteiger partial charge in [-0.25, -0.2) is 4.79 Å². The quantitative estimate of drug-likeness (QED) is 0.140.